The van der Waals surface area contributed by atoms with Gasteiger partial charge < -0.3 is 5.32 Å². The number of benzene rings is 2. The summed E-state index contributed by atoms with van der Waals surface area (Å²) in [6, 6.07) is 5.18. The number of nitro groups is 2. The normalized spacial score (nSPS) is 10.9. The quantitative estimate of drug-likeness (QED) is 0.338. The van der Waals surface area contributed by atoms with Crippen molar-refractivity contribution in [3.8, 4) is 0 Å². The molecule has 29 heavy (non-hydrogen) atoms. The molecule has 0 spiro atoms. The SMILES string of the molecule is Cc1cc(NC(=S)NNc2c([N+](=O)[O-])cc(C(F)(F)F)cc2[N+](=O)[O-])ccc1Cl. The number of halogens is 4. The van der Waals surface area contributed by atoms with E-state index in [1.807, 2.05) is 0 Å². The first kappa shape index (κ1) is 22.1. The van der Waals surface area contributed by atoms with Gasteiger partial charge in [-0.25, -0.2) is 0 Å². The fourth-order valence-electron chi connectivity index (χ4n) is 2.20. The van der Waals surface area contributed by atoms with E-state index < -0.39 is 38.6 Å². The number of rotatable bonds is 5. The van der Waals surface area contributed by atoms with Gasteiger partial charge in [0, 0.05) is 22.8 Å². The van der Waals surface area contributed by atoms with Crippen LogP contribution in [0.4, 0.5) is 35.9 Å². The highest BCUT2D eigenvalue weighted by atomic mass is 35.5. The number of hydrogen-bond acceptors (Lipinski definition) is 6. The molecule has 3 N–H and O–H groups in total. The van der Waals surface area contributed by atoms with Gasteiger partial charge in [-0.3, -0.25) is 31.1 Å². The van der Waals surface area contributed by atoms with Crippen molar-refractivity contribution in [2.24, 2.45) is 0 Å². The van der Waals surface area contributed by atoms with Gasteiger partial charge in [-0.15, -0.1) is 0 Å². The number of aryl methyl sites for hydroxylation is 1. The van der Waals surface area contributed by atoms with Crippen LogP contribution in [0.2, 0.25) is 5.02 Å². The Balaban J connectivity index is 2.30. The second kappa shape index (κ2) is 8.45. The van der Waals surface area contributed by atoms with E-state index in [-0.39, 0.29) is 17.2 Å². The summed E-state index contributed by atoms with van der Waals surface area (Å²) in [5, 5.41) is 25.4. The molecule has 2 rings (SSSR count). The van der Waals surface area contributed by atoms with E-state index in [1.54, 1.807) is 25.1 Å². The van der Waals surface area contributed by atoms with E-state index in [0.29, 0.717) is 10.7 Å². The van der Waals surface area contributed by atoms with Gasteiger partial charge in [0.25, 0.3) is 0 Å². The molecule has 9 nitrogen and oxygen atoms in total. The summed E-state index contributed by atoms with van der Waals surface area (Å²) in [5.41, 5.74) is 1.01. The third kappa shape index (κ3) is 5.42. The lowest BCUT2D eigenvalue weighted by Gasteiger charge is -2.14. The molecule has 0 fully saturated rings. The summed E-state index contributed by atoms with van der Waals surface area (Å²) < 4.78 is 38.7. The van der Waals surface area contributed by atoms with Crippen LogP contribution in [-0.2, 0) is 6.18 Å². The van der Waals surface area contributed by atoms with Crippen LogP contribution in [0.15, 0.2) is 30.3 Å². The number of anilines is 2. The number of hydrogen-bond donors (Lipinski definition) is 3. The summed E-state index contributed by atoms with van der Waals surface area (Å²) in [6.45, 7) is 1.73. The number of alkyl halides is 3. The Morgan fingerprint density at radius 2 is 1.66 bits per heavy atom. The van der Waals surface area contributed by atoms with Gasteiger partial charge in [0.1, 0.15) is 0 Å². The number of nitrogens with one attached hydrogen (secondary N) is 3. The number of thiocarbonyl (C=S) groups is 1. The Hall–Kier alpha value is -3.19. The maximum Gasteiger partial charge on any atom is 0.416 e. The molecule has 0 aliphatic rings. The van der Waals surface area contributed by atoms with E-state index in [4.69, 9.17) is 23.8 Å². The second-order valence-corrected chi connectivity index (χ2v) is 6.39. The molecule has 154 valence electrons. The summed E-state index contributed by atoms with van der Waals surface area (Å²) in [5.74, 6) is 0. The molecule has 0 aliphatic heterocycles. The fourth-order valence-corrected chi connectivity index (χ4v) is 2.48. The van der Waals surface area contributed by atoms with Gasteiger partial charge in [0.05, 0.1) is 15.4 Å². The molecule has 0 saturated carbocycles. The number of hydrazine groups is 1. The van der Waals surface area contributed by atoms with Crippen LogP contribution in [0, 0.1) is 27.2 Å². The Labute approximate surface area is 171 Å². The van der Waals surface area contributed by atoms with Crippen LogP contribution in [0.1, 0.15) is 11.1 Å². The van der Waals surface area contributed by atoms with E-state index >= 15 is 0 Å². The standard InChI is InChI=1S/C15H11ClF3N5O4S/c1-7-4-9(2-3-10(7)16)20-14(29)22-21-13-11(23(25)26)5-8(15(17,18)19)6-12(13)24(27)28/h2-6,21H,1H3,(H2,20,22,29). The Kier molecular flexibility index (Phi) is 6.44. The molecule has 0 saturated heterocycles. The summed E-state index contributed by atoms with van der Waals surface area (Å²) in [6.07, 6.45) is -5.01. The smallest absolute Gasteiger partial charge is 0.331 e. The van der Waals surface area contributed by atoms with Crippen LogP contribution < -0.4 is 16.2 Å². The van der Waals surface area contributed by atoms with E-state index in [1.165, 1.54) is 0 Å². The highest BCUT2D eigenvalue weighted by molar-refractivity contribution is 7.80. The van der Waals surface area contributed by atoms with Gasteiger partial charge in [-0.05, 0) is 42.9 Å². The molecule has 0 aromatic heterocycles. The van der Waals surface area contributed by atoms with Crippen molar-refractivity contribution < 1.29 is 23.0 Å². The molecule has 0 aliphatic carbocycles. The lowest BCUT2D eigenvalue weighted by molar-refractivity contribution is -0.392. The molecule has 0 heterocycles. The minimum atomic E-state index is -5.01. The molecule has 2 aromatic carbocycles. The monoisotopic (exact) mass is 449 g/mol. The van der Waals surface area contributed by atoms with Gasteiger partial charge in [-0.2, -0.15) is 13.2 Å². The van der Waals surface area contributed by atoms with E-state index in [0.717, 1.165) is 5.56 Å². The van der Waals surface area contributed by atoms with Crippen molar-refractivity contribution in [2.75, 3.05) is 10.7 Å². The van der Waals surface area contributed by atoms with Crippen molar-refractivity contribution in [1.82, 2.24) is 5.43 Å². The van der Waals surface area contributed by atoms with E-state index in [2.05, 4.69) is 16.2 Å². The van der Waals surface area contributed by atoms with Crippen molar-refractivity contribution in [1.29, 1.82) is 0 Å². The predicted molar refractivity (Wildman–Crippen MR) is 104 cm³/mol. The zero-order valence-electron chi connectivity index (χ0n) is 14.3. The molecular weight excluding hydrogens is 439 g/mol. The second-order valence-electron chi connectivity index (χ2n) is 5.57. The number of nitro benzene ring substituents is 2. The first-order chi connectivity index (χ1) is 13.4. The van der Waals surface area contributed by atoms with Gasteiger partial charge >= 0.3 is 17.6 Å². The van der Waals surface area contributed by atoms with Crippen LogP contribution >= 0.6 is 23.8 Å². The van der Waals surface area contributed by atoms with Crippen LogP contribution in [-0.4, -0.2) is 15.0 Å². The summed E-state index contributed by atoms with van der Waals surface area (Å²) in [7, 11) is 0. The predicted octanol–water partition coefficient (Wildman–Crippen LogP) is 4.80. The lowest BCUT2D eigenvalue weighted by Crippen LogP contribution is -2.34. The Bertz CT molecular complexity index is 967. The van der Waals surface area contributed by atoms with Crippen molar-refractivity contribution in [2.45, 2.75) is 13.1 Å². The van der Waals surface area contributed by atoms with Crippen LogP contribution in [0.5, 0.6) is 0 Å². The zero-order chi connectivity index (χ0) is 21.9. The average Bonchev–Trinajstić information content (AvgIpc) is 2.61. The fraction of sp³-hybridized carbons (Fsp3) is 0.133. The van der Waals surface area contributed by atoms with Crippen molar-refractivity contribution in [3.63, 3.8) is 0 Å². The van der Waals surface area contributed by atoms with Crippen molar-refractivity contribution in [3.05, 3.63) is 66.7 Å². The first-order valence-electron chi connectivity index (χ1n) is 7.53. The largest absolute Gasteiger partial charge is 0.416 e. The van der Waals surface area contributed by atoms with E-state index in [9.17, 15) is 33.4 Å². The zero-order valence-corrected chi connectivity index (χ0v) is 15.9. The molecule has 0 bridgehead atoms. The van der Waals surface area contributed by atoms with Gasteiger partial charge in [0.15, 0.2) is 5.11 Å². The topological polar surface area (TPSA) is 122 Å². The van der Waals surface area contributed by atoms with Gasteiger partial charge in [-0.1, -0.05) is 11.6 Å². The third-order valence-corrected chi connectivity index (χ3v) is 4.16. The molecular formula is C15H11ClF3N5O4S. The minimum absolute atomic E-state index is 0.157. The van der Waals surface area contributed by atoms with Gasteiger partial charge in [0.2, 0.25) is 5.69 Å². The van der Waals surface area contributed by atoms with Crippen molar-refractivity contribution >= 4 is 51.7 Å². The molecule has 14 heteroatoms. The highest BCUT2D eigenvalue weighted by Gasteiger charge is 2.37. The maximum absolute atomic E-state index is 12.9. The first-order valence-corrected chi connectivity index (χ1v) is 8.32. The molecule has 0 atom stereocenters. The Morgan fingerprint density at radius 3 is 2.10 bits per heavy atom. The average molecular weight is 450 g/mol. The lowest BCUT2D eigenvalue weighted by atomic mass is 10.1. The van der Waals surface area contributed by atoms with Crippen LogP contribution in [0.3, 0.4) is 0 Å². The Morgan fingerprint density at radius 1 is 1.10 bits per heavy atom. The molecule has 0 unspecified atom stereocenters. The maximum atomic E-state index is 12.9. The van der Waals surface area contributed by atoms with Crippen LogP contribution in [0.25, 0.3) is 0 Å². The number of nitrogens with zero attached hydrogens (tertiary/aromatic N) is 2. The molecule has 2 aromatic rings. The minimum Gasteiger partial charge on any atom is -0.331 e. The molecule has 0 amide bonds. The summed E-state index contributed by atoms with van der Waals surface area (Å²) >= 11 is 10.9. The summed E-state index contributed by atoms with van der Waals surface area (Å²) in [4.78, 5) is 20.0. The molecule has 0 radical (unpaired) electrons. The third-order valence-electron chi connectivity index (χ3n) is 3.53. The highest BCUT2D eigenvalue weighted by Crippen LogP contribution is 2.40.